The number of nitrogens with zero attached hydrogens (tertiary/aromatic N) is 1. The number of carbonyl (C=O) groups is 1. The van der Waals surface area contributed by atoms with E-state index in [0.29, 0.717) is 0 Å². The van der Waals surface area contributed by atoms with E-state index in [1.165, 1.54) is 0 Å². The summed E-state index contributed by atoms with van der Waals surface area (Å²) >= 11 is 2.68. The number of nitriles is 1. The molecule has 1 aromatic rings. The number of alkyl halides is 3. The van der Waals surface area contributed by atoms with Gasteiger partial charge in [-0.1, -0.05) is 6.07 Å². The van der Waals surface area contributed by atoms with Crippen LogP contribution < -0.4 is 0 Å². The molecule has 0 bridgehead atoms. The number of carboxylic acid groups (broad SMARTS) is 1. The monoisotopic (exact) mass is 307 g/mol. The Balaban J connectivity index is 3.39. The lowest BCUT2D eigenvalue weighted by atomic mass is 10.0. The highest BCUT2D eigenvalue weighted by Crippen LogP contribution is 2.37. The van der Waals surface area contributed by atoms with Gasteiger partial charge in [-0.05, 0) is 27.6 Å². The van der Waals surface area contributed by atoms with E-state index < -0.39 is 28.6 Å². The number of halogens is 4. The Morgan fingerprint density at radius 1 is 1.47 bits per heavy atom. The molecule has 1 rings (SSSR count). The molecule has 90 valence electrons. The van der Waals surface area contributed by atoms with Crippen molar-refractivity contribution in [1.29, 1.82) is 5.26 Å². The van der Waals surface area contributed by atoms with Gasteiger partial charge in [0, 0.05) is 4.47 Å². The van der Waals surface area contributed by atoms with Crippen LogP contribution >= 0.6 is 15.9 Å². The predicted molar refractivity (Wildman–Crippen MR) is 55.2 cm³/mol. The quantitative estimate of drug-likeness (QED) is 0.913. The smallest absolute Gasteiger partial charge is 0.417 e. The summed E-state index contributed by atoms with van der Waals surface area (Å²) in [4.78, 5) is 10.5. The average molecular weight is 308 g/mol. The SMILES string of the molecule is N#Cc1c(CC(=O)O)ccc(C(F)(F)F)c1Br. The van der Waals surface area contributed by atoms with Crippen molar-refractivity contribution in [2.24, 2.45) is 0 Å². The van der Waals surface area contributed by atoms with Crippen molar-refractivity contribution in [3.05, 3.63) is 33.3 Å². The Hall–Kier alpha value is -1.55. The third-order valence-corrected chi connectivity index (χ3v) is 2.81. The molecule has 0 saturated carbocycles. The van der Waals surface area contributed by atoms with Crippen molar-refractivity contribution in [2.45, 2.75) is 12.6 Å². The minimum Gasteiger partial charge on any atom is -0.481 e. The van der Waals surface area contributed by atoms with Crippen molar-refractivity contribution >= 4 is 21.9 Å². The maximum Gasteiger partial charge on any atom is 0.417 e. The van der Waals surface area contributed by atoms with Gasteiger partial charge in [0.05, 0.1) is 17.5 Å². The summed E-state index contributed by atoms with van der Waals surface area (Å²) < 4.78 is 37.1. The molecule has 1 N–H and O–H groups in total. The topological polar surface area (TPSA) is 61.1 Å². The molecule has 0 atom stereocenters. The summed E-state index contributed by atoms with van der Waals surface area (Å²) in [7, 11) is 0. The second kappa shape index (κ2) is 4.75. The fraction of sp³-hybridized carbons (Fsp3) is 0.200. The van der Waals surface area contributed by atoms with Gasteiger partial charge >= 0.3 is 12.1 Å². The van der Waals surface area contributed by atoms with E-state index in [1.54, 1.807) is 6.07 Å². The molecule has 1 aromatic carbocycles. The molecule has 0 saturated heterocycles. The molecule has 7 heteroatoms. The van der Waals surface area contributed by atoms with Crippen molar-refractivity contribution < 1.29 is 23.1 Å². The Morgan fingerprint density at radius 2 is 2.06 bits per heavy atom. The van der Waals surface area contributed by atoms with Gasteiger partial charge in [0.2, 0.25) is 0 Å². The lowest BCUT2D eigenvalue weighted by molar-refractivity contribution is -0.138. The van der Waals surface area contributed by atoms with Gasteiger partial charge < -0.3 is 5.11 Å². The number of rotatable bonds is 2. The van der Waals surface area contributed by atoms with E-state index in [9.17, 15) is 18.0 Å². The third-order valence-electron chi connectivity index (χ3n) is 1.99. The van der Waals surface area contributed by atoms with E-state index in [1.807, 2.05) is 0 Å². The summed E-state index contributed by atoms with van der Waals surface area (Å²) in [5.74, 6) is -1.21. The Labute approximate surface area is 103 Å². The first-order valence-corrected chi connectivity index (χ1v) is 5.07. The van der Waals surface area contributed by atoms with Gasteiger partial charge in [0.1, 0.15) is 6.07 Å². The highest BCUT2D eigenvalue weighted by Gasteiger charge is 2.34. The molecular weight excluding hydrogens is 303 g/mol. The third kappa shape index (κ3) is 2.97. The number of aliphatic carboxylic acids is 1. The average Bonchev–Trinajstić information content (AvgIpc) is 2.15. The van der Waals surface area contributed by atoms with Gasteiger partial charge in [0.25, 0.3) is 0 Å². The number of hydrogen-bond donors (Lipinski definition) is 1. The number of hydrogen-bond acceptors (Lipinski definition) is 2. The van der Waals surface area contributed by atoms with E-state index in [-0.39, 0.29) is 11.1 Å². The number of benzene rings is 1. The normalized spacial score (nSPS) is 11.0. The van der Waals surface area contributed by atoms with E-state index >= 15 is 0 Å². The molecule has 0 aromatic heterocycles. The van der Waals surface area contributed by atoms with Gasteiger partial charge in [-0.15, -0.1) is 0 Å². The van der Waals surface area contributed by atoms with Crippen molar-refractivity contribution in [3.63, 3.8) is 0 Å². The minimum atomic E-state index is -4.59. The van der Waals surface area contributed by atoms with Gasteiger partial charge in [-0.25, -0.2) is 0 Å². The second-order valence-electron chi connectivity index (χ2n) is 3.14. The van der Waals surface area contributed by atoms with Crippen LogP contribution in [0.3, 0.4) is 0 Å². The maximum atomic E-state index is 12.5. The Kier molecular flexibility index (Phi) is 3.78. The fourth-order valence-corrected chi connectivity index (χ4v) is 1.97. The van der Waals surface area contributed by atoms with Crippen molar-refractivity contribution in [2.75, 3.05) is 0 Å². The molecule has 0 amide bonds. The van der Waals surface area contributed by atoms with Crippen LogP contribution in [0.5, 0.6) is 0 Å². The molecule has 0 aliphatic carbocycles. The Bertz CT molecular complexity index is 505. The minimum absolute atomic E-state index is 0.0416. The zero-order valence-electron chi connectivity index (χ0n) is 8.18. The lowest BCUT2D eigenvalue weighted by Gasteiger charge is -2.12. The summed E-state index contributed by atoms with van der Waals surface area (Å²) in [6.45, 7) is 0. The Morgan fingerprint density at radius 3 is 2.47 bits per heavy atom. The summed E-state index contributed by atoms with van der Waals surface area (Å²) in [6, 6.07) is 3.32. The maximum absolute atomic E-state index is 12.5. The molecule has 0 unspecified atom stereocenters. The van der Waals surface area contributed by atoms with Crippen LogP contribution in [0.2, 0.25) is 0 Å². The molecule has 0 heterocycles. The van der Waals surface area contributed by atoms with Crippen LogP contribution in [0.1, 0.15) is 16.7 Å². The molecular formula is C10H5BrF3NO2. The van der Waals surface area contributed by atoms with Gasteiger partial charge in [-0.3, -0.25) is 4.79 Å². The fourth-order valence-electron chi connectivity index (χ4n) is 1.27. The van der Waals surface area contributed by atoms with Gasteiger partial charge in [0.15, 0.2) is 0 Å². The molecule has 0 fully saturated rings. The summed E-state index contributed by atoms with van der Waals surface area (Å²) in [6.07, 6.45) is -5.09. The van der Waals surface area contributed by atoms with Crippen LogP contribution in [0.15, 0.2) is 16.6 Å². The van der Waals surface area contributed by atoms with Gasteiger partial charge in [-0.2, -0.15) is 18.4 Å². The van der Waals surface area contributed by atoms with Crippen LogP contribution in [-0.4, -0.2) is 11.1 Å². The highest BCUT2D eigenvalue weighted by atomic mass is 79.9. The zero-order chi connectivity index (χ0) is 13.2. The van der Waals surface area contributed by atoms with Crippen LogP contribution in [0.4, 0.5) is 13.2 Å². The lowest BCUT2D eigenvalue weighted by Crippen LogP contribution is -2.10. The van der Waals surface area contributed by atoms with Crippen LogP contribution in [0, 0.1) is 11.3 Å². The van der Waals surface area contributed by atoms with E-state index in [0.717, 1.165) is 12.1 Å². The first-order chi connectivity index (χ1) is 7.77. The number of carboxylic acids is 1. The highest BCUT2D eigenvalue weighted by molar-refractivity contribution is 9.10. The van der Waals surface area contributed by atoms with Crippen LogP contribution in [0.25, 0.3) is 0 Å². The van der Waals surface area contributed by atoms with E-state index in [2.05, 4.69) is 15.9 Å². The largest absolute Gasteiger partial charge is 0.481 e. The zero-order valence-corrected chi connectivity index (χ0v) is 9.76. The first-order valence-electron chi connectivity index (χ1n) is 4.28. The standard InChI is InChI=1S/C10H5BrF3NO2/c11-9-6(4-15)5(3-8(16)17)1-2-7(9)10(12,13)14/h1-2H,3H2,(H,16,17). The second-order valence-corrected chi connectivity index (χ2v) is 3.93. The van der Waals surface area contributed by atoms with E-state index in [4.69, 9.17) is 10.4 Å². The molecule has 0 spiro atoms. The van der Waals surface area contributed by atoms with Crippen molar-refractivity contribution in [3.8, 4) is 6.07 Å². The summed E-state index contributed by atoms with van der Waals surface area (Å²) in [5.41, 5.74) is -1.26. The molecule has 3 nitrogen and oxygen atoms in total. The predicted octanol–water partition coefficient (Wildman–Crippen LogP) is 2.97. The van der Waals surface area contributed by atoms with Crippen molar-refractivity contribution in [1.82, 2.24) is 0 Å². The first kappa shape index (κ1) is 13.5. The summed E-state index contributed by atoms with van der Waals surface area (Å²) in [5, 5.41) is 17.3. The molecule has 0 radical (unpaired) electrons. The molecule has 0 aliphatic rings. The molecule has 0 aliphatic heterocycles. The van der Waals surface area contributed by atoms with Crippen LogP contribution in [-0.2, 0) is 17.4 Å². The molecule has 17 heavy (non-hydrogen) atoms.